The van der Waals surface area contributed by atoms with Crippen molar-refractivity contribution in [3.05, 3.63) is 113 Å². The number of anilines is 1. The van der Waals surface area contributed by atoms with E-state index in [4.69, 9.17) is 11.6 Å². The van der Waals surface area contributed by atoms with Crippen LogP contribution in [0.1, 0.15) is 11.1 Å². The number of aliphatic hydroxyl groups excluding tert-OH is 1. The van der Waals surface area contributed by atoms with E-state index in [0.717, 1.165) is 22.5 Å². The predicted molar refractivity (Wildman–Crippen MR) is 148 cm³/mol. The average molecular weight is 481 g/mol. The molecular weight excluding hydrogens is 452 g/mol. The number of fused-ring (bicyclic) bond motifs is 1. The van der Waals surface area contributed by atoms with Gasteiger partial charge in [-0.25, -0.2) is 0 Å². The SMILES string of the molecule is Cc1cc(C)c2c(c1)c(-c1ccccc1)c(-c1ccccc1)n2CC(O)CNc1ccccc1Cl. The van der Waals surface area contributed by atoms with Gasteiger partial charge >= 0.3 is 0 Å². The van der Waals surface area contributed by atoms with Gasteiger partial charge in [-0.15, -0.1) is 0 Å². The number of rotatable bonds is 7. The standard InChI is InChI=1S/C31H29ClN2O/c1-21-17-22(2)30-26(18-21)29(23-11-5-3-6-12-23)31(24-13-7-4-8-14-24)34(30)20-25(35)19-33-28-16-10-9-15-27(28)32/h3-18,25,33,35H,19-20H2,1-2H3. The number of nitrogens with one attached hydrogen (secondary N) is 1. The second-order valence-electron chi connectivity index (χ2n) is 9.06. The fraction of sp³-hybridized carbons (Fsp3) is 0.161. The first-order valence-electron chi connectivity index (χ1n) is 11.9. The van der Waals surface area contributed by atoms with Crippen molar-refractivity contribution in [2.45, 2.75) is 26.5 Å². The van der Waals surface area contributed by atoms with Crippen LogP contribution in [0, 0.1) is 13.8 Å². The Bertz CT molecular complexity index is 1460. The lowest BCUT2D eigenvalue weighted by molar-refractivity contribution is 0.169. The van der Waals surface area contributed by atoms with Crippen LogP contribution in [0.5, 0.6) is 0 Å². The van der Waals surface area contributed by atoms with Gasteiger partial charge in [0, 0.05) is 17.5 Å². The quantitative estimate of drug-likeness (QED) is 0.250. The van der Waals surface area contributed by atoms with Crippen molar-refractivity contribution in [3.8, 4) is 22.4 Å². The van der Waals surface area contributed by atoms with Gasteiger partial charge in [0.1, 0.15) is 0 Å². The van der Waals surface area contributed by atoms with E-state index in [9.17, 15) is 5.11 Å². The van der Waals surface area contributed by atoms with E-state index in [1.165, 1.54) is 27.6 Å². The minimum absolute atomic E-state index is 0.392. The second kappa shape index (κ2) is 9.99. The zero-order valence-electron chi connectivity index (χ0n) is 20.0. The highest BCUT2D eigenvalue weighted by Gasteiger charge is 2.23. The van der Waals surface area contributed by atoms with Crippen molar-refractivity contribution in [3.63, 3.8) is 0 Å². The van der Waals surface area contributed by atoms with E-state index in [2.05, 4.69) is 84.4 Å². The molecule has 4 heteroatoms. The van der Waals surface area contributed by atoms with Crippen LogP contribution in [-0.4, -0.2) is 22.3 Å². The van der Waals surface area contributed by atoms with Gasteiger partial charge in [-0.05, 0) is 48.7 Å². The summed E-state index contributed by atoms with van der Waals surface area (Å²) in [5.41, 5.74) is 9.03. The van der Waals surface area contributed by atoms with E-state index in [-0.39, 0.29) is 0 Å². The van der Waals surface area contributed by atoms with Crippen molar-refractivity contribution in [2.75, 3.05) is 11.9 Å². The van der Waals surface area contributed by atoms with Crippen molar-refractivity contribution in [1.29, 1.82) is 0 Å². The molecule has 0 saturated carbocycles. The molecule has 0 amide bonds. The molecule has 0 spiro atoms. The number of para-hydroxylation sites is 1. The number of hydrogen-bond acceptors (Lipinski definition) is 2. The monoisotopic (exact) mass is 480 g/mol. The van der Waals surface area contributed by atoms with Crippen LogP contribution in [0.3, 0.4) is 0 Å². The summed E-state index contributed by atoms with van der Waals surface area (Å²) in [6.45, 7) is 5.14. The molecule has 35 heavy (non-hydrogen) atoms. The maximum atomic E-state index is 11.2. The Balaban J connectivity index is 1.65. The number of aliphatic hydroxyl groups is 1. The summed E-state index contributed by atoms with van der Waals surface area (Å²) in [5, 5.41) is 16.3. The number of aromatic nitrogens is 1. The number of benzene rings is 4. The molecule has 1 aromatic heterocycles. The molecule has 2 N–H and O–H groups in total. The molecule has 1 atom stereocenters. The van der Waals surface area contributed by atoms with Gasteiger partial charge in [0.25, 0.3) is 0 Å². The minimum Gasteiger partial charge on any atom is -0.389 e. The lowest BCUT2D eigenvalue weighted by Crippen LogP contribution is -2.25. The van der Waals surface area contributed by atoms with Gasteiger partial charge in [-0.3, -0.25) is 0 Å². The van der Waals surface area contributed by atoms with Crippen LogP contribution in [0.15, 0.2) is 97.1 Å². The maximum absolute atomic E-state index is 11.2. The van der Waals surface area contributed by atoms with E-state index in [0.29, 0.717) is 18.1 Å². The Labute approximate surface area is 211 Å². The molecule has 5 aromatic rings. The first kappa shape index (κ1) is 23.2. The highest BCUT2D eigenvalue weighted by atomic mass is 35.5. The molecule has 0 aliphatic rings. The van der Waals surface area contributed by atoms with Crippen LogP contribution in [0.25, 0.3) is 33.3 Å². The normalized spacial score (nSPS) is 12.1. The Morgan fingerprint density at radius 3 is 2.14 bits per heavy atom. The summed E-state index contributed by atoms with van der Waals surface area (Å²) in [7, 11) is 0. The van der Waals surface area contributed by atoms with Crippen LogP contribution in [0.4, 0.5) is 5.69 Å². The topological polar surface area (TPSA) is 37.2 Å². The van der Waals surface area contributed by atoms with Gasteiger partial charge < -0.3 is 15.0 Å². The maximum Gasteiger partial charge on any atom is 0.0891 e. The van der Waals surface area contributed by atoms with Gasteiger partial charge in [-0.1, -0.05) is 96.0 Å². The summed E-state index contributed by atoms with van der Waals surface area (Å²) >= 11 is 6.31. The summed E-state index contributed by atoms with van der Waals surface area (Å²) in [6, 6.07) is 33.1. The minimum atomic E-state index is -0.617. The van der Waals surface area contributed by atoms with Gasteiger partial charge in [0.2, 0.25) is 0 Å². The highest BCUT2D eigenvalue weighted by molar-refractivity contribution is 6.33. The van der Waals surface area contributed by atoms with Gasteiger partial charge in [0.05, 0.1) is 34.6 Å². The Kier molecular flexibility index (Phi) is 6.63. The molecule has 0 saturated heterocycles. The molecule has 1 unspecified atom stereocenters. The molecule has 0 fully saturated rings. The Hall–Kier alpha value is -3.53. The predicted octanol–water partition coefficient (Wildman–Crippen LogP) is 7.72. The van der Waals surface area contributed by atoms with Crippen LogP contribution < -0.4 is 5.32 Å². The lowest BCUT2D eigenvalue weighted by Gasteiger charge is -2.19. The summed E-state index contributed by atoms with van der Waals surface area (Å²) in [4.78, 5) is 0. The highest BCUT2D eigenvalue weighted by Crippen LogP contribution is 2.42. The molecular formula is C31H29ClN2O. The largest absolute Gasteiger partial charge is 0.389 e. The van der Waals surface area contributed by atoms with Crippen LogP contribution in [-0.2, 0) is 6.54 Å². The number of aryl methyl sites for hydroxylation is 2. The molecule has 0 bridgehead atoms. The Morgan fingerprint density at radius 1 is 0.829 bits per heavy atom. The third kappa shape index (κ3) is 4.70. The van der Waals surface area contributed by atoms with E-state index in [1.54, 1.807) is 0 Å². The third-order valence-electron chi connectivity index (χ3n) is 6.40. The summed E-state index contributed by atoms with van der Waals surface area (Å²) in [5.74, 6) is 0. The molecule has 5 rings (SSSR count). The molecule has 176 valence electrons. The number of halogens is 1. The summed E-state index contributed by atoms with van der Waals surface area (Å²) < 4.78 is 2.29. The molecule has 4 aromatic carbocycles. The van der Waals surface area contributed by atoms with Crippen molar-refractivity contribution >= 4 is 28.2 Å². The van der Waals surface area contributed by atoms with Crippen LogP contribution in [0.2, 0.25) is 5.02 Å². The number of hydrogen-bond donors (Lipinski definition) is 2. The Morgan fingerprint density at radius 2 is 1.46 bits per heavy atom. The van der Waals surface area contributed by atoms with Crippen LogP contribution >= 0.6 is 11.6 Å². The zero-order chi connectivity index (χ0) is 24.4. The molecule has 0 aliphatic carbocycles. The zero-order valence-corrected chi connectivity index (χ0v) is 20.8. The average Bonchev–Trinajstić information content (AvgIpc) is 3.18. The van der Waals surface area contributed by atoms with Crippen molar-refractivity contribution < 1.29 is 5.11 Å². The molecule has 0 aliphatic heterocycles. The van der Waals surface area contributed by atoms with E-state index in [1.807, 2.05) is 36.4 Å². The van der Waals surface area contributed by atoms with E-state index >= 15 is 0 Å². The van der Waals surface area contributed by atoms with Gasteiger partial charge in [0.15, 0.2) is 0 Å². The third-order valence-corrected chi connectivity index (χ3v) is 6.73. The van der Waals surface area contributed by atoms with Crippen molar-refractivity contribution in [1.82, 2.24) is 4.57 Å². The van der Waals surface area contributed by atoms with Crippen molar-refractivity contribution in [2.24, 2.45) is 0 Å². The fourth-order valence-electron chi connectivity index (χ4n) is 4.97. The molecule has 0 radical (unpaired) electrons. The number of nitrogens with zero attached hydrogens (tertiary/aromatic N) is 1. The molecule has 1 heterocycles. The molecule has 3 nitrogen and oxygen atoms in total. The fourth-order valence-corrected chi connectivity index (χ4v) is 5.17. The van der Waals surface area contributed by atoms with Gasteiger partial charge in [-0.2, -0.15) is 0 Å². The second-order valence-corrected chi connectivity index (χ2v) is 9.47. The smallest absolute Gasteiger partial charge is 0.0891 e. The first-order chi connectivity index (χ1) is 17.0. The lowest BCUT2D eigenvalue weighted by atomic mass is 9.97. The summed E-state index contributed by atoms with van der Waals surface area (Å²) in [6.07, 6.45) is -0.617. The van der Waals surface area contributed by atoms with E-state index < -0.39 is 6.10 Å². The first-order valence-corrected chi connectivity index (χ1v) is 12.3.